The lowest BCUT2D eigenvalue weighted by molar-refractivity contribution is -0.136. The van der Waals surface area contributed by atoms with E-state index in [4.69, 9.17) is 4.74 Å². The summed E-state index contributed by atoms with van der Waals surface area (Å²) in [5.41, 5.74) is 1.79. The Morgan fingerprint density at radius 2 is 2.05 bits per heavy atom. The zero-order valence-corrected chi connectivity index (χ0v) is 13.8. The lowest BCUT2D eigenvalue weighted by atomic mass is 9.61. The molecule has 1 saturated carbocycles. The Morgan fingerprint density at radius 1 is 1.32 bits per heavy atom. The van der Waals surface area contributed by atoms with E-state index < -0.39 is 12.1 Å². The first-order chi connectivity index (χ1) is 10.4. The fourth-order valence-corrected chi connectivity index (χ4v) is 3.90. The van der Waals surface area contributed by atoms with Crippen molar-refractivity contribution < 1.29 is 19.1 Å². The van der Waals surface area contributed by atoms with Crippen LogP contribution >= 0.6 is 0 Å². The number of ether oxygens (including phenoxy) is 2. The van der Waals surface area contributed by atoms with Gasteiger partial charge in [-0.05, 0) is 63.2 Å². The molecule has 22 heavy (non-hydrogen) atoms. The number of hydrogen-bond donors (Lipinski definition) is 0. The lowest BCUT2D eigenvalue weighted by Gasteiger charge is -2.43. The summed E-state index contributed by atoms with van der Waals surface area (Å²) in [4.78, 5) is 23.4. The molecular weight excluding hydrogens is 280 g/mol. The summed E-state index contributed by atoms with van der Waals surface area (Å²) in [7, 11) is 0. The van der Waals surface area contributed by atoms with Gasteiger partial charge < -0.3 is 9.47 Å². The highest BCUT2D eigenvalue weighted by molar-refractivity contribution is 5.94. The first-order valence-electron chi connectivity index (χ1n) is 8.19. The van der Waals surface area contributed by atoms with E-state index in [1.165, 1.54) is 12.0 Å². The van der Waals surface area contributed by atoms with Gasteiger partial charge in [-0.2, -0.15) is 0 Å². The Kier molecular flexibility index (Phi) is 5.43. The topological polar surface area (TPSA) is 52.6 Å². The second kappa shape index (κ2) is 7.12. The summed E-state index contributed by atoms with van der Waals surface area (Å²) in [6, 6.07) is 0. The van der Waals surface area contributed by atoms with Crippen LogP contribution in [-0.2, 0) is 14.3 Å². The minimum Gasteiger partial charge on any atom is -0.434 e. The third-order valence-electron chi connectivity index (χ3n) is 5.12. The van der Waals surface area contributed by atoms with Gasteiger partial charge >= 0.3 is 12.1 Å². The van der Waals surface area contributed by atoms with E-state index in [2.05, 4.69) is 31.2 Å². The Balaban J connectivity index is 2.09. The summed E-state index contributed by atoms with van der Waals surface area (Å²) in [6.07, 6.45) is 5.68. The van der Waals surface area contributed by atoms with E-state index in [0.29, 0.717) is 23.3 Å². The highest BCUT2D eigenvalue weighted by Gasteiger charge is 2.40. The Morgan fingerprint density at radius 3 is 2.73 bits per heavy atom. The van der Waals surface area contributed by atoms with Crippen molar-refractivity contribution >= 4 is 12.1 Å². The van der Waals surface area contributed by atoms with Crippen LogP contribution in [0.1, 0.15) is 46.5 Å². The van der Waals surface area contributed by atoms with E-state index in [-0.39, 0.29) is 12.5 Å². The number of allylic oxidation sites excluding steroid dienone is 2. The maximum atomic E-state index is 12.1. The molecule has 0 aromatic rings. The van der Waals surface area contributed by atoms with Gasteiger partial charge in [0, 0.05) is 5.57 Å². The van der Waals surface area contributed by atoms with Gasteiger partial charge in [0.1, 0.15) is 0 Å². The van der Waals surface area contributed by atoms with Crippen LogP contribution in [0.3, 0.4) is 0 Å². The standard InChI is InChI=1S/C18H26O4/c1-5-21-18(20)22-17(19)13(4)15-9-7-12(3)14-8-6-11(2)10-16(14)15/h10,12,14-16H,4-9H2,1-3H3/t12-,14+,15+,16+/m1/s1. The maximum absolute atomic E-state index is 12.1. The van der Waals surface area contributed by atoms with Crippen molar-refractivity contribution in [3.8, 4) is 0 Å². The minimum atomic E-state index is -0.940. The van der Waals surface area contributed by atoms with Crippen LogP contribution in [0.4, 0.5) is 4.79 Å². The third-order valence-corrected chi connectivity index (χ3v) is 5.12. The van der Waals surface area contributed by atoms with Crippen molar-refractivity contribution in [3.05, 3.63) is 23.8 Å². The van der Waals surface area contributed by atoms with Crippen molar-refractivity contribution in [1.29, 1.82) is 0 Å². The van der Waals surface area contributed by atoms with Crippen molar-refractivity contribution in [2.45, 2.75) is 46.5 Å². The summed E-state index contributed by atoms with van der Waals surface area (Å²) in [6.45, 7) is 10.2. The average molecular weight is 306 g/mol. The minimum absolute atomic E-state index is 0.0679. The monoisotopic (exact) mass is 306 g/mol. The molecule has 0 aromatic carbocycles. The Labute approximate surface area is 132 Å². The largest absolute Gasteiger partial charge is 0.516 e. The number of hydrogen-bond acceptors (Lipinski definition) is 4. The molecule has 4 atom stereocenters. The number of esters is 1. The van der Waals surface area contributed by atoms with Crippen LogP contribution in [0.5, 0.6) is 0 Å². The van der Waals surface area contributed by atoms with E-state index in [0.717, 1.165) is 19.3 Å². The SMILES string of the molecule is C=C(C(=O)OC(=O)OCC)[C@@H]1CC[C@@H](C)[C@@H]2CCC(C)=C[C@@H]21. The molecule has 4 heteroatoms. The molecule has 122 valence electrons. The van der Waals surface area contributed by atoms with Gasteiger partial charge in [0.2, 0.25) is 0 Å². The van der Waals surface area contributed by atoms with Gasteiger partial charge in [-0.15, -0.1) is 0 Å². The molecule has 2 rings (SSSR count). The molecule has 0 saturated heterocycles. The first-order valence-corrected chi connectivity index (χ1v) is 8.19. The Hall–Kier alpha value is -1.58. The van der Waals surface area contributed by atoms with Crippen molar-refractivity contribution in [2.24, 2.45) is 23.7 Å². The predicted octanol–water partition coefficient (Wildman–Crippen LogP) is 4.26. The van der Waals surface area contributed by atoms with Gasteiger partial charge in [-0.25, -0.2) is 9.59 Å². The van der Waals surface area contributed by atoms with Gasteiger partial charge in [0.25, 0.3) is 0 Å². The van der Waals surface area contributed by atoms with Crippen LogP contribution in [0.25, 0.3) is 0 Å². The molecule has 2 aliphatic carbocycles. The summed E-state index contributed by atoms with van der Waals surface area (Å²) >= 11 is 0. The van der Waals surface area contributed by atoms with Gasteiger partial charge in [-0.1, -0.05) is 25.2 Å². The number of fused-ring (bicyclic) bond motifs is 1. The van der Waals surface area contributed by atoms with Gasteiger partial charge in [0.15, 0.2) is 0 Å². The third kappa shape index (κ3) is 3.60. The second-order valence-electron chi connectivity index (χ2n) is 6.55. The zero-order chi connectivity index (χ0) is 16.3. The smallest absolute Gasteiger partial charge is 0.434 e. The Bertz CT molecular complexity index is 491. The lowest BCUT2D eigenvalue weighted by Crippen LogP contribution is -2.37. The molecular formula is C18H26O4. The first kappa shape index (κ1) is 16.8. The van der Waals surface area contributed by atoms with Crippen LogP contribution < -0.4 is 0 Å². The van der Waals surface area contributed by atoms with Crippen LogP contribution in [0.2, 0.25) is 0 Å². The summed E-state index contributed by atoms with van der Waals surface area (Å²) in [5.74, 6) is 1.01. The van der Waals surface area contributed by atoms with Crippen LogP contribution in [-0.4, -0.2) is 18.7 Å². The maximum Gasteiger partial charge on any atom is 0.516 e. The molecule has 0 bridgehead atoms. The molecule has 0 amide bonds. The predicted molar refractivity (Wildman–Crippen MR) is 84.1 cm³/mol. The van der Waals surface area contributed by atoms with Crippen LogP contribution in [0.15, 0.2) is 23.8 Å². The highest BCUT2D eigenvalue weighted by Crippen LogP contribution is 2.47. The van der Waals surface area contributed by atoms with E-state index in [9.17, 15) is 9.59 Å². The van der Waals surface area contributed by atoms with Gasteiger partial charge in [0.05, 0.1) is 6.61 Å². The molecule has 0 unspecified atom stereocenters. The normalized spacial score (nSPS) is 30.8. The molecule has 0 spiro atoms. The van der Waals surface area contributed by atoms with Crippen molar-refractivity contribution in [3.63, 3.8) is 0 Å². The second-order valence-corrected chi connectivity index (χ2v) is 6.55. The average Bonchev–Trinajstić information content (AvgIpc) is 2.47. The van der Waals surface area contributed by atoms with Crippen LogP contribution in [0, 0.1) is 23.7 Å². The molecule has 0 radical (unpaired) electrons. The molecule has 0 aliphatic heterocycles. The molecule has 0 aromatic heterocycles. The molecule has 0 N–H and O–H groups in total. The quantitative estimate of drug-likeness (QED) is 0.338. The van der Waals surface area contributed by atoms with Crippen molar-refractivity contribution in [1.82, 2.24) is 0 Å². The van der Waals surface area contributed by atoms with E-state index in [1.807, 2.05) is 0 Å². The fraction of sp³-hybridized carbons (Fsp3) is 0.667. The van der Waals surface area contributed by atoms with Crippen molar-refractivity contribution in [2.75, 3.05) is 6.61 Å². The number of rotatable bonds is 3. The molecule has 1 fully saturated rings. The number of carbonyl (C=O) groups excluding carboxylic acids is 2. The fourth-order valence-electron chi connectivity index (χ4n) is 3.90. The van der Waals surface area contributed by atoms with E-state index in [1.54, 1.807) is 6.92 Å². The zero-order valence-electron chi connectivity index (χ0n) is 13.8. The number of carbonyl (C=O) groups is 2. The highest BCUT2D eigenvalue weighted by atomic mass is 16.7. The molecule has 0 heterocycles. The summed E-state index contributed by atoms with van der Waals surface area (Å²) in [5, 5.41) is 0. The van der Waals surface area contributed by atoms with E-state index >= 15 is 0 Å². The molecule has 4 nitrogen and oxygen atoms in total. The molecule has 2 aliphatic rings. The van der Waals surface area contributed by atoms with Gasteiger partial charge in [-0.3, -0.25) is 0 Å². The summed E-state index contributed by atoms with van der Waals surface area (Å²) < 4.78 is 9.37.